The number of anilines is 3. The second-order valence-corrected chi connectivity index (χ2v) is 5.21. The summed E-state index contributed by atoms with van der Waals surface area (Å²) in [5.41, 5.74) is 2.51. The largest absolute Gasteiger partial charge is 0.396 e. The van der Waals surface area contributed by atoms with Gasteiger partial charge in [0.2, 0.25) is 17.8 Å². The molecule has 1 aromatic rings. The molecule has 0 radical (unpaired) electrons. The molecule has 0 amide bonds. The molecule has 0 aliphatic carbocycles. The van der Waals surface area contributed by atoms with Crippen LogP contribution in [0.5, 0.6) is 0 Å². The number of hydrogen-bond acceptors (Lipinski definition) is 8. The standard InChI is InChI=1S/C13H25N7O/c1-3-19(4-2)12-15-11(18-14)16-13(17-12)20-7-5-6-10(8-20)9-21/h10,21H,3-9,14H2,1-2H3,(H,15,16,17,18). The van der Waals surface area contributed by atoms with Gasteiger partial charge >= 0.3 is 0 Å². The number of nitrogens with zero attached hydrogens (tertiary/aromatic N) is 5. The summed E-state index contributed by atoms with van der Waals surface area (Å²) < 4.78 is 0. The van der Waals surface area contributed by atoms with E-state index in [0.29, 0.717) is 17.8 Å². The summed E-state index contributed by atoms with van der Waals surface area (Å²) >= 11 is 0. The van der Waals surface area contributed by atoms with Crippen LogP contribution in [0.2, 0.25) is 0 Å². The molecule has 8 nitrogen and oxygen atoms in total. The minimum Gasteiger partial charge on any atom is -0.396 e. The van der Waals surface area contributed by atoms with Crippen LogP contribution in [0.3, 0.4) is 0 Å². The normalized spacial score (nSPS) is 18.7. The Morgan fingerprint density at radius 2 is 2.10 bits per heavy atom. The Labute approximate surface area is 125 Å². The molecular weight excluding hydrogens is 270 g/mol. The fourth-order valence-corrected chi connectivity index (χ4v) is 2.60. The van der Waals surface area contributed by atoms with Crippen LogP contribution in [0.1, 0.15) is 26.7 Å². The summed E-state index contributed by atoms with van der Waals surface area (Å²) in [5, 5.41) is 9.35. The van der Waals surface area contributed by atoms with Gasteiger partial charge in [0.1, 0.15) is 0 Å². The average molecular weight is 295 g/mol. The number of nitrogen functional groups attached to an aromatic ring is 1. The number of nitrogens with two attached hydrogens (primary N) is 1. The summed E-state index contributed by atoms with van der Waals surface area (Å²) in [6.07, 6.45) is 2.08. The average Bonchev–Trinajstić information content (AvgIpc) is 2.55. The molecule has 2 heterocycles. The molecule has 118 valence electrons. The van der Waals surface area contributed by atoms with Gasteiger partial charge in [-0.1, -0.05) is 0 Å². The third-order valence-electron chi connectivity index (χ3n) is 3.85. The number of aliphatic hydroxyl groups is 1. The zero-order valence-corrected chi connectivity index (χ0v) is 12.8. The second kappa shape index (κ2) is 7.37. The van der Waals surface area contributed by atoms with Crippen LogP contribution < -0.4 is 21.1 Å². The van der Waals surface area contributed by atoms with Crippen LogP contribution in [0.25, 0.3) is 0 Å². The number of piperidine rings is 1. The third kappa shape index (κ3) is 3.70. The maximum atomic E-state index is 9.35. The van der Waals surface area contributed by atoms with Crippen LogP contribution >= 0.6 is 0 Å². The van der Waals surface area contributed by atoms with Gasteiger partial charge in [0.15, 0.2) is 0 Å². The predicted octanol–water partition coefficient (Wildman–Crippen LogP) is 0.212. The van der Waals surface area contributed by atoms with E-state index >= 15 is 0 Å². The van der Waals surface area contributed by atoms with Crippen LogP contribution in [-0.2, 0) is 0 Å². The number of rotatable bonds is 6. The lowest BCUT2D eigenvalue weighted by Gasteiger charge is -2.32. The first-order valence-corrected chi connectivity index (χ1v) is 7.55. The lowest BCUT2D eigenvalue weighted by molar-refractivity contribution is 0.208. The topological polar surface area (TPSA) is 103 Å². The van der Waals surface area contributed by atoms with Crippen LogP contribution in [0.4, 0.5) is 17.8 Å². The van der Waals surface area contributed by atoms with E-state index in [1.165, 1.54) is 0 Å². The first kappa shape index (κ1) is 15.7. The molecule has 0 spiro atoms. The Morgan fingerprint density at radius 1 is 1.33 bits per heavy atom. The maximum absolute atomic E-state index is 9.35. The fraction of sp³-hybridized carbons (Fsp3) is 0.769. The van der Waals surface area contributed by atoms with Crippen molar-refractivity contribution in [1.82, 2.24) is 15.0 Å². The van der Waals surface area contributed by atoms with Gasteiger partial charge in [-0.2, -0.15) is 15.0 Å². The molecule has 0 aromatic carbocycles. The number of nitrogens with one attached hydrogen (secondary N) is 1. The quantitative estimate of drug-likeness (QED) is 0.505. The highest BCUT2D eigenvalue weighted by molar-refractivity contribution is 5.45. The van der Waals surface area contributed by atoms with Crippen molar-refractivity contribution >= 4 is 17.8 Å². The van der Waals surface area contributed by atoms with Gasteiger partial charge < -0.3 is 14.9 Å². The third-order valence-corrected chi connectivity index (χ3v) is 3.85. The predicted molar refractivity (Wildman–Crippen MR) is 83.2 cm³/mol. The summed E-state index contributed by atoms with van der Waals surface area (Å²) in [7, 11) is 0. The van der Waals surface area contributed by atoms with Crippen molar-refractivity contribution in [3.8, 4) is 0 Å². The van der Waals surface area contributed by atoms with Gasteiger partial charge in [0.05, 0.1) is 0 Å². The number of hydrogen-bond donors (Lipinski definition) is 3. The van der Waals surface area contributed by atoms with Crippen molar-refractivity contribution in [2.75, 3.05) is 48.0 Å². The number of aliphatic hydroxyl groups excluding tert-OH is 1. The van der Waals surface area contributed by atoms with E-state index in [1.54, 1.807) is 0 Å². The molecule has 1 fully saturated rings. The van der Waals surface area contributed by atoms with Crippen molar-refractivity contribution in [2.45, 2.75) is 26.7 Å². The molecule has 1 aliphatic rings. The van der Waals surface area contributed by atoms with Gasteiger partial charge in [-0.3, -0.25) is 5.43 Å². The molecule has 0 saturated carbocycles. The molecule has 1 aliphatic heterocycles. The van der Waals surface area contributed by atoms with E-state index in [4.69, 9.17) is 5.84 Å². The zero-order valence-electron chi connectivity index (χ0n) is 12.8. The van der Waals surface area contributed by atoms with Gasteiger partial charge in [-0.05, 0) is 32.6 Å². The highest BCUT2D eigenvalue weighted by Crippen LogP contribution is 2.22. The lowest BCUT2D eigenvalue weighted by Crippen LogP contribution is -2.38. The van der Waals surface area contributed by atoms with Crippen LogP contribution in [0, 0.1) is 5.92 Å². The van der Waals surface area contributed by atoms with E-state index < -0.39 is 0 Å². The lowest BCUT2D eigenvalue weighted by atomic mass is 9.99. The molecule has 1 saturated heterocycles. The van der Waals surface area contributed by atoms with Crippen molar-refractivity contribution in [3.63, 3.8) is 0 Å². The molecule has 4 N–H and O–H groups in total. The second-order valence-electron chi connectivity index (χ2n) is 5.21. The van der Waals surface area contributed by atoms with E-state index in [1.807, 2.05) is 0 Å². The van der Waals surface area contributed by atoms with Crippen LogP contribution in [-0.4, -0.2) is 52.8 Å². The minimum absolute atomic E-state index is 0.201. The summed E-state index contributed by atoms with van der Waals surface area (Å²) in [4.78, 5) is 17.4. The Bertz CT molecular complexity index is 452. The smallest absolute Gasteiger partial charge is 0.243 e. The molecule has 8 heteroatoms. The van der Waals surface area contributed by atoms with Crippen molar-refractivity contribution in [3.05, 3.63) is 0 Å². The van der Waals surface area contributed by atoms with E-state index in [2.05, 4.69) is 44.0 Å². The van der Waals surface area contributed by atoms with E-state index in [9.17, 15) is 5.11 Å². The number of aromatic nitrogens is 3. The molecular formula is C13H25N7O. The van der Waals surface area contributed by atoms with Crippen LogP contribution in [0.15, 0.2) is 0 Å². The fourth-order valence-electron chi connectivity index (χ4n) is 2.60. The molecule has 1 atom stereocenters. The first-order chi connectivity index (χ1) is 10.2. The first-order valence-electron chi connectivity index (χ1n) is 7.55. The molecule has 2 rings (SSSR count). The molecule has 1 unspecified atom stereocenters. The number of hydrazine groups is 1. The molecule has 0 bridgehead atoms. The molecule has 1 aromatic heterocycles. The van der Waals surface area contributed by atoms with E-state index in [-0.39, 0.29) is 12.5 Å². The van der Waals surface area contributed by atoms with Gasteiger partial charge in [-0.15, -0.1) is 0 Å². The summed E-state index contributed by atoms with van der Waals surface area (Å²) in [6, 6.07) is 0. The zero-order chi connectivity index (χ0) is 15.2. The Morgan fingerprint density at radius 3 is 2.71 bits per heavy atom. The highest BCUT2D eigenvalue weighted by Gasteiger charge is 2.23. The Hall–Kier alpha value is -1.67. The van der Waals surface area contributed by atoms with E-state index in [0.717, 1.165) is 39.0 Å². The van der Waals surface area contributed by atoms with Crippen molar-refractivity contribution in [2.24, 2.45) is 11.8 Å². The van der Waals surface area contributed by atoms with Gasteiger partial charge in [-0.25, -0.2) is 5.84 Å². The SMILES string of the molecule is CCN(CC)c1nc(NN)nc(N2CCCC(CO)C2)n1. The Balaban J connectivity index is 2.27. The monoisotopic (exact) mass is 295 g/mol. The molecule has 21 heavy (non-hydrogen) atoms. The Kier molecular flexibility index (Phi) is 5.51. The highest BCUT2D eigenvalue weighted by atomic mass is 16.3. The van der Waals surface area contributed by atoms with Crippen molar-refractivity contribution in [1.29, 1.82) is 0 Å². The van der Waals surface area contributed by atoms with Gasteiger partial charge in [0.25, 0.3) is 0 Å². The minimum atomic E-state index is 0.201. The summed E-state index contributed by atoms with van der Waals surface area (Å²) in [5.74, 6) is 7.37. The van der Waals surface area contributed by atoms with Gasteiger partial charge in [0, 0.05) is 32.8 Å². The van der Waals surface area contributed by atoms with Crippen molar-refractivity contribution < 1.29 is 5.11 Å². The maximum Gasteiger partial charge on any atom is 0.243 e. The summed E-state index contributed by atoms with van der Waals surface area (Å²) in [6.45, 7) is 7.62.